The summed E-state index contributed by atoms with van der Waals surface area (Å²) in [6.45, 7) is 0.389. The molecule has 1 aromatic heterocycles. The third kappa shape index (κ3) is 4.77. The lowest BCUT2D eigenvalue weighted by Crippen LogP contribution is -2.30. The molecular formula is C21H19ClN4O4. The lowest BCUT2D eigenvalue weighted by Gasteiger charge is -2.06. The minimum absolute atomic E-state index is 0.263. The third-order valence-electron chi connectivity index (χ3n) is 4.56. The van der Waals surface area contributed by atoms with E-state index in [1.165, 1.54) is 0 Å². The lowest BCUT2D eigenvalue weighted by molar-refractivity contribution is -0.115. The first-order valence-electron chi connectivity index (χ1n) is 9.33. The van der Waals surface area contributed by atoms with Crippen LogP contribution in [0, 0.1) is 0 Å². The van der Waals surface area contributed by atoms with Crippen molar-refractivity contribution in [2.75, 3.05) is 7.11 Å². The van der Waals surface area contributed by atoms with Gasteiger partial charge in [-0.15, -0.1) is 0 Å². The smallest absolute Gasteiger partial charge is 0.269 e. The number of carbonyl (C=O) groups is 1. The van der Waals surface area contributed by atoms with Crippen LogP contribution in [0.25, 0.3) is 11.5 Å². The van der Waals surface area contributed by atoms with Gasteiger partial charge >= 0.3 is 0 Å². The zero-order valence-electron chi connectivity index (χ0n) is 16.2. The Hall–Kier alpha value is -3.39. The van der Waals surface area contributed by atoms with Gasteiger partial charge in [0.2, 0.25) is 0 Å². The van der Waals surface area contributed by atoms with E-state index in [2.05, 4.69) is 20.6 Å². The predicted octanol–water partition coefficient (Wildman–Crippen LogP) is 3.40. The molecule has 2 heterocycles. The van der Waals surface area contributed by atoms with Crippen LogP contribution in [0.2, 0.25) is 5.02 Å². The first kappa shape index (κ1) is 19.9. The number of rotatable bonds is 7. The summed E-state index contributed by atoms with van der Waals surface area (Å²) >= 11 is 5.99. The number of halogens is 1. The SMILES string of the molecule is COc1ccc(CNC(=O)C2=NO[C@H](Cc3noc(-c4cccc(Cl)c4)n3)C2)cc1. The number of oxime groups is 1. The van der Waals surface area contributed by atoms with Crippen LogP contribution in [0.5, 0.6) is 5.75 Å². The Bertz CT molecular complexity index is 1060. The molecule has 9 heteroatoms. The zero-order valence-corrected chi connectivity index (χ0v) is 16.9. The Kier molecular flexibility index (Phi) is 5.94. The maximum Gasteiger partial charge on any atom is 0.269 e. The number of hydrogen-bond acceptors (Lipinski definition) is 7. The zero-order chi connectivity index (χ0) is 20.9. The van der Waals surface area contributed by atoms with Gasteiger partial charge in [-0.3, -0.25) is 4.79 Å². The van der Waals surface area contributed by atoms with Crippen molar-refractivity contribution in [3.8, 4) is 17.2 Å². The monoisotopic (exact) mass is 426 g/mol. The molecule has 0 radical (unpaired) electrons. The molecule has 1 aliphatic heterocycles. The van der Waals surface area contributed by atoms with Crippen LogP contribution < -0.4 is 10.1 Å². The van der Waals surface area contributed by atoms with E-state index < -0.39 is 0 Å². The minimum atomic E-state index is -0.323. The van der Waals surface area contributed by atoms with Gasteiger partial charge in [0.25, 0.3) is 11.8 Å². The normalized spacial score (nSPS) is 15.4. The summed E-state index contributed by atoms with van der Waals surface area (Å²) < 4.78 is 10.4. The summed E-state index contributed by atoms with van der Waals surface area (Å²) in [7, 11) is 1.61. The maximum absolute atomic E-state index is 12.4. The van der Waals surface area contributed by atoms with Crippen LogP contribution in [-0.2, 0) is 22.6 Å². The van der Waals surface area contributed by atoms with Crippen LogP contribution >= 0.6 is 11.6 Å². The van der Waals surface area contributed by atoms with Crippen molar-refractivity contribution in [3.63, 3.8) is 0 Å². The van der Waals surface area contributed by atoms with Crippen molar-refractivity contribution >= 4 is 23.2 Å². The number of nitrogens with one attached hydrogen (secondary N) is 1. The fourth-order valence-electron chi connectivity index (χ4n) is 2.98. The van der Waals surface area contributed by atoms with Crippen molar-refractivity contribution in [1.29, 1.82) is 0 Å². The number of nitrogens with zero attached hydrogens (tertiary/aromatic N) is 3. The molecule has 0 bridgehead atoms. The van der Waals surface area contributed by atoms with E-state index >= 15 is 0 Å². The molecule has 1 atom stereocenters. The van der Waals surface area contributed by atoms with Crippen molar-refractivity contribution < 1.29 is 18.9 Å². The molecule has 1 aliphatic rings. The summed E-state index contributed by atoms with van der Waals surface area (Å²) in [6, 6.07) is 14.6. The number of methoxy groups -OCH3 is 1. The quantitative estimate of drug-likeness (QED) is 0.621. The highest BCUT2D eigenvalue weighted by Gasteiger charge is 2.27. The Morgan fingerprint density at radius 1 is 1.27 bits per heavy atom. The molecule has 154 valence electrons. The minimum Gasteiger partial charge on any atom is -0.497 e. The predicted molar refractivity (Wildman–Crippen MR) is 110 cm³/mol. The second kappa shape index (κ2) is 8.96. The lowest BCUT2D eigenvalue weighted by atomic mass is 10.1. The summed E-state index contributed by atoms with van der Waals surface area (Å²) in [5.41, 5.74) is 2.04. The number of ether oxygens (including phenoxy) is 1. The fourth-order valence-corrected chi connectivity index (χ4v) is 3.17. The van der Waals surface area contributed by atoms with E-state index in [0.29, 0.717) is 41.8 Å². The second-order valence-electron chi connectivity index (χ2n) is 6.73. The highest BCUT2D eigenvalue weighted by molar-refractivity contribution is 6.39. The van der Waals surface area contributed by atoms with E-state index in [0.717, 1.165) is 16.9 Å². The second-order valence-corrected chi connectivity index (χ2v) is 7.17. The Labute approximate surface area is 177 Å². The fraction of sp³-hybridized carbons (Fsp3) is 0.238. The van der Waals surface area contributed by atoms with Gasteiger partial charge in [0, 0.05) is 23.6 Å². The molecule has 1 amide bonds. The molecular weight excluding hydrogens is 408 g/mol. The van der Waals surface area contributed by atoms with Gasteiger partial charge in [-0.2, -0.15) is 4.98 Å². The number of hydrogen-bond donors (Lipinski definition) is 1. The van der Waals surface area contributed by atoms with E-state index in [9.17, 15) is 4.79 Å². The largest absolute Gasteiger partial charge is 0.497 e. The van der Waals surface area contributed by atoms with Gasteiger partial charge in [-0.05, 0) is 35.9 Å². The van der Waals surface area contributed by atoms with E-state index in [1.54, 1.807) is 19.2 Å². The molecule has 0 unspecified atom stereocenters. The van der Waals surface area contributed by atoms with Crippen LogP contribution in [0.3, 0.4) is 0 Å². The molecule has 2 aromatic carbocycles. The molecule has 30 heavy (non-hydrogen) atoms. The van der Waals surface area contributed by atoms with Crippen molar-refractivity contribution in [1.82, 2.24) is 15.5 Å². The molecule has 0 saturated heterocycles. The van der Waals surface area contributed by atoms with Crippen LogP contribution in [-0.4, -0.2) is 35.0 Å². The van der Waals surface area contributed by atoms with E-state index in [1.807, 2.05) is 36.4 Å². The first-order chi connectivity index (χ1) is 14.6. The van der Waals surface area contributed by atoms with Crippen molar-refractivity contribution in [3.05, 3.63) is 64.9 Å². The molecule has 0 fully saturated rings. The molecule has 4 rings (SSSR count). The summed E-state index contributed by atoms with van der Waals surface area (Å²) in [6.07, 6.45) is 0.426. The van der Waals surface area contributed by atoms with Gasteiger partial charge in [0.15, 0.2) is 5.82 Å². The van der Waals surface area contributed by atoms with Gasteiger partial charge in [-0.1, -0.05) is 40.1 Å². The average Bonchev–Trinajstić information content (AvgIpc) is 3.43. The van der Waals surface area contributed by atoms with E-state index in [4.69, 9.17) is 25.7 Å². The molecule has 3 aromatic rings. The highest BCUT2D eigenvalue weighted by atomic mass is 35.5. The number of aromatic nitrogens is 2. The van der Waals surface area contributed by atoms with Gasteiger partial charge in [-0.25, -0.2) is 0 Å². The summed E-state index contributed by atoms with van der Waals surface area (Å²) in [5, 5.41) is 11.3. The number of carbonyl (C=O) groups excluding carboxylic acids is 1. The average molecular weight is 427 g/mol. The van der Waals surface area contributed by atoms with Gasteiger partial charge in [0.05, 0.1) is 13.5 Å². The third-order valence-corrected chi connectivity index (χ3v) is 4.79. The topological polar surface area (TPSA) is 98.8 Å². The van der Waals surface area contributed by atoms with Crippen LogP contribution in [0.15, 0.2) is 58.2 Å². The first-order valence-corrected chi connectivity index (χ1v) is 9.71. The van der Waals surface area contributed by atoms with Crippen LogP contribution in [0.4, 0.5) is 0 Å². The maximum atomic E-state index is 12.4. The highest BCUT2D eigenvalue weighted by Crippen LogP contribution is 2.22. The number of benzene rings is 2. The van der Waals surface area contributed by atoms with Crippen LogP contribution in [0.1, 0.15) is 17.8 Å². The Balaban J connectivity index is 1.28. The molecule has 0 spiro atoms. The van der Waals surface area contributed by atoms with Gasteiger partial charge < -0.3 is 19.4 Å². The molecule has 8 nitrogen and oxygen atoms in total. The Morgan fingerprint density at radius 2 is 2.10 bits per heavy atom. The molecule has 1 N–H and O–H groups in total. The van der Waals surface area contributed by atoms with Gasteiger partial charge in [0.1, 0.15) is 17.6 Å². The molecule has 0 aliphatic carbocycles. The number of amides is 1. The van der Waals surface area contributed by atoms with E-state index in [-0.39, 0.29) is 12.0 Å². The van der Waals surface area contributed by atoms with Crippen molar-refractivity contribution in [2.45, 2.75) is 25.5 Å². The summed E-state index contributed by atoms with van der Waals surface area (Å²) in [4.78, 5) is 22.1. The van der Waals surface area contributed by atoms with Crippen molar-refractivity contribution in [2.24, 2.45) is 5.16 Å². The Morgan fingerprint density at radius 3 is 2.87 bits per heavy atom. The standard InChI is InChI=1S/C21H19ClN4O4/c1-28-16-7-5-13(6-8-16)12-23-20(27)18-10-17(29-25-18)11-19-24-21(30-26-19)14-3-2-4-15(22)9-14/h2-9,17H,10-12H2,1H3,(H,23,27)/t17-/m0/s1. The molecule has 0 saturated carbocycles. The summed E-state index contributed by atoms with van der Waals surface area (Å²) in [5.74, 6) is 1.36.